The average Bonchev–Trinajstić information content (AvgIpc) is 2.26. The first-order chi connectivity index (χ1) is 8.90. The Morgan fingerprint density at radius 2 is 1.53 bits per heavy atom. The van der Waals surface area contributed by atoms with Crippen molar-refractivity contribution in [2.24, 2.45) is 0 Å². The van der Waals surface area contributed by atoms with Crippen molar-refractivity contribution in [1.82, 2.24) is 0 Å². The molecule has 2 aromatic rings. The largest absolute Gasteiger partial charge is 0.289 e. The summed E-state index contributed by atoms with van der Waals surface area (Å²) in [6.07, 6.45) is 0. The second-order valence-corrected chi connectivity index (χ2v) is 6.50. The topological polar surface area (TPSA) is 17.1 Å². The monoisotopic (exact) mass is 380 g/mol. The third kappa shape index (κ3) is 2.98. The number of hydrogen-bond acceptors (Lipinski definition) is 1. The number of carbonyl (C=O) groups excluding carboxylic acids is 1. The molecule has 0 spiro atoms. The van der Waals surface area contributed by atoms with Gasteiger partial charge in [-0.2, -0.15) is 0 Å². The van der Waals surface area contributed by atoms with Crippen LogP contribution in [0.3, 0.4) is 0 Å². The predicted octanol–water partition coefficient (Wildman–Crippen LogP) is 5.37. The molecule has 0 fully saturated rings. The molecular formula is C16H14Br2O. The van der Waals surface area contributed by atoms with Crippen LogP contribution in [0.1, 0.15) is 32.6 Å². The van der Waals surface area contributed by atoms with E-state index in [1.54, 1.807) is 0 Å². The van der Waals surface area contributed by atoms with E-state index < -0.39 is 0 Å². The summed E-state index contributed by atoms with van der Waals surface area (Å²) in [5.41, 5.74) is 4.72. The van der Waals surface area contributed by atoms with Crippen LogP contribution in [0.15, 0.2) is 39.3 Å². The Bertz CT molecular complexity index is 637. The SMILES string of the molecule is Cc1cc(C)c(C(=O)c2ccc(Br)cc2Br)c(C)c1. The summed E-state index contributed by atoms with van der Waals surface area (Å²) in [6, 6.07) is 9.72. The normalized spacial score (nSPS) is 10.6. The van der Waals surface area contributed by atoms with Crippen molar-refractivity contribution in [3.63, 3.8) is 0 Å². The van der Waals surface area contributed by atoms with Crippen LogP contribution in [-0.4, -0.2) is 5.78 Å². The third-order valence-corrected chi connectivity index (χ3v) is 4.23. The van der Waals surface area contributed by atoms with Gasteiger partial charge in [0.2, 0.25) is 0 Å². The van der Waals surface area contributed by atoms with Gasteiger partial charge in [0.05, 0.1) is 0 Å². The van der Waals surface area contributed by atoms with E-state index in [0.29, 0.717) is 5.56 Å². The van der Waals surface area contributed by atoms with Crippen LogP contribution < -0.4 is 0 Å². The van der Waals surface area contributed by atoms with Gasteiger partial charge in [-0.05, 0) is 66.0 Å². The van der Waals surface area contributed by atoms with Gasteiger partial charge in [0.25, 0.3) is 0 Å². The summed E-state index contributed by atoms with van der Waals surface area (Å²) < 4.78 is 1.76. The minimum Gasteiger partial charge on any atom is -0.289 e. The highest BCUT2D eigenvalue weighted by atomic mass is 79.9. The summed E-state index contributed by atoms with van der Waals surface area (Å²) in [5, 5.41) is 0. The van der Waals surface area contributed by atoms with E-state index in [4.69, 9.17) is 0 Å². The number of carbonyl (C=O) groups is 1. The summed E-state index contributed by atoms with van der Waals surface area (Å²) in [7, 11) is 0. The molecule has 0 heterocycles. The third-order valence-electron chi connectivity index (χ3n) is 3.08. The molecule has 0 radical (unpaired) electrons. The molecule has 0 N–H and O–H groups in total. The van der Waals surface area contributed by atoms with E-state index in [9.17, 15) is 4.79 Å². The summed E-state index contributed by atoms with van der Waals surface area (Å²) in [6.45, 7) is 6.02. The van der Waals surface area contributed by atoms with Gasteiger partial charge in [0, 0.05) is 20.1 Å². The average molecular weight is 382 g/mol. The molecule has 0 aliphatic rings. The summed E-state index contributed by atoms with van der Waals surface area (Å²) in [4.78, 5) is 12.7. The molecule has 19 heavy (non-hydrogen) atoms. The molecule has 2 aromatic carbocycles. The van der Waals surface area contributed by atoms with Crippen molar-refractivity contribution in [3.05, 3.63) is 67.1 Å². The van der Waals surface area contributed by atoms with Crippen molar-refractivity contribution in [3.8, 4) is 0 Å². The van der Waals surface area contributed by atoms with Crippen molar-refractivity contribution >= 4 is 37.6 Å². The number of halogens is 2. The smallest absolute Gasteiger partial charge is 0.194 e. The molecule has 0 bridgehead atoms. The summed E-state index contributed by atoms with van der Waals surface area (Å²) >= 11 is 6.86. The maximum Gasteiger partial charge on any atom is 0.194 e. The molecule has 98 valence electrons. The first kappa shape index (κ1) is 14.5. The van der Waals surface area contributed by atoms with Crippen LogP contribution in [0, 0.1) is 20.8 Å². The molecule has 0 aliphatic heterocycles. The molecule has 0 aliphatic carbocycles. The van der Waals surface area contributed by atoms with Crippen molar-refractivity contribution < 1.29 is 4.79 Å². The number of ketones is 1. The fraction of sp³-hybridized carbons (Fsp3) is 0.188. The Morgan fingerprint density at radius 3 is 2.05 bits per heavy atom. The molecule has 0 aromatic heterocycles. The van der Waals surface area contributed by atoms with E-state index in [0.717, 1.165) is 25.6 Å². The van der Waals surface area contributed by atoms with Crippen LogP contribution >= 0.6 is 31.9 Å². The Kier molecular flexibility index (Phi) is 4.26. The highest BCUT2D eigenvalue weighted by Crippen LogP contribution is 2.27. The van der Waals surface area contributed by atoms with Gasteiger partial charge < -0.3 is 0 Å². The second kappa shape index (κ2) is 5.59. The van der Waals surface area contributed by atoms with Gasteiger partial charge in [-0.1, -0.05) is 33.6 Å². The van der Waals surface area contributed by atoms with Crippen molar-refractivity contribution in [1.29, 1.82) is 0 Å². The predicted molar refractivity (Wildman–Crippen MR) is 85.9 cm³/mol. The molecular weight excluding hydrogens is 368 g/mol. The standard InChI is InChI=1S/C16H14Br2O/c1-9-6-10(2)15(11(3)7-9)16(19)13-5-4-12(17)8-14(13)18/h4-8H,1-3H3. The Hall–Kier alpha value is -0.930. The first-order valence-electron chi connectivity index (χ1n) is 5.97. The lowest BCUT2D eigenvalue weighted by atomic mass is 9.93. The second-order valence-electron chi connectivity index (χ2n) is 4.73. The van der Waals surface area contributed by atoms with E-state index in [2.05, 4.69) is 31.9 Å². The van der Waals surface area contributed by atoms with Crippen molar-refractivity contribution in [2.45, 2.75) is 20.8 Å². The van der Waals surface area contributed by atoms with Crippen LogP contribution in [0.2, 0.25) is 0 Å². The molecule has 1 nitrogen and oxygen atoms in total. The molecule has 2 rings (SSSR count). The van der Waals surface area contributed by atoms with E-state index in [1.807, 2.05) is 51.1 Å². The van der Waals surface area contributed by atoms with Gasteiger partial charge in [-0.3, -0.25) is 4.79 Å². The Morgan fingerprint density at radius 1 is 0.947 bits per heavy atom. The van der Waals surface area contributed by atoms with Gasteiger partial charge in [0.15, 0.2) is 5.78 Å². The van der Waals surface area contributed by atoms with Crippen LogP contribution in [0.25, 0.3) is 0 Å². The minimum absolute atomic E-state index is 0.0642. The van der Waals surface area contributed by atoms with Gasteiger partial charge in [-0.25, -0.2) is 0 Å². The van der Waals surface area contributed by atoms with Crippen molar-refractivity contribution in [2.75, 3.05) is 0 Å². The number of benzene rings is 2. The van der Waals surface area contributed by atoms with Crippen LogP contribution in [0.5, 0.6) is 0 Å². The molecule has 0 saturated heterocycles. The zero-order valence-corrected chi connectivity index (χ0v) is 14.2. The highest BCUT2D eigenvalue weighted by molar-refractivity contribution is 9.11. The highest BCUT2D eigenvalue weighted by Gasteiger charge is 2.17. The lowest BCUT2D eigenvalue weighted by Crippen LogP contribution is -2.07. The lowest BCUT2D eigenvalue weighted by molar-refractivity contribution is 0.103. The quantitative estimate of drug-likeness (QED) is 0.639. The molecule has 0 saturated carbocycles. The van der Waals surface area contributed by atoms with Gasteiger partial charge in [-0.15, -0.1) is 0 Å². The van der Waals surface area contributed by atoms with E-state index >= 15 is 0 Å². The molecule has 0 unspecified atom stereocenters. The van der Waals surface area contributed by atoms with Gasteiger partial charge >= 0.3 is 0 Å². The lowest BCUT2D eigenvalue weighted by Gasteiger charge is -2.11. The minimum atomic E-state index is 0.0642. The Labute approximate surface area is 130 Å². The summed E-state index contributed by atoms with van der Waals surface area (Å²) in [5.74, 6) is 0.0642. The maximum atomic E-state index is 12.7. The zero-order chi connectivity index (χ0) is 14.2. The van der Waals surface area contributed by atoms with Gasteiger partial charge in [0.1, 0.15) is 0 Å². The number of aryl methyl sites for hydroxylation is 3. The molecule has 0 atom stereocenters. The van der Waals surface area contributed by atoms with E-state index in [-0.39, 0.29) is 5.78 Å². The van der Waals surface area contributed by atoms with Crippen LogP contribution in [-0.2, 0) is 0 Å². The van der Waals surface area contributed by atoms with Crippen LogP contribution in [0.4, 0.5) is 0 Å². The maximum absolute atomic E-state index is 12.7. The Balaban J connectivity index is 2.56. The zero-order valence-electron chi connectivity index (χ0n) is 11.1. The fourth-order valence-corrected chi connectivity index (χ4v) is 3.57. The number of hydrogen-bond donors (Lipinski definition) is 0. The molecule has 0 amide bonds. The number of rotatable bonds is 2. The fourth-order valence-electron chi connectivity index (χ4n) is 2.35. The molecule has 3 heteroatoms. The van der Waals surface area contributed by atoms with E-state index in [1.165, 1.54) is 5.56 Å². The first-order valence-corrected chi connectivity index (χ1v) is 7.56.